The Morgan fingerprint density at radius 1 is 1.12 bits per heavy atom. The Hall–Kier alpha value is -4.13. The first-order chi connectivity index (χ1) is 16.4. The average Bonchev–Trinajstić information content (AvgIpc) is 3.36. The van der Waals surface area contributed by atoms with E-state index in [2.05, 4.69) is 10.2 Å². The number of aryl methyl sites for hydroxylation is 2. The minimum absolute atomic E-state index is 0.0910. The second-order valence-corrected chi connectivity index (χ2v) is 8.54. The van der Waals surface area contributed by atoms with Gasteiger partial charge < -0.3 is 14.7 Å². The maximum Gasteiger partial charge on any atom is 0.273 e. The van der Waals surface area contributed by atoms with Gasteiger partial charge in [0, 0.05) is 23.2 Å². The van der Waals surface area contributed by atoms with Crippen molar-refractivity contribution in [1.82, 2.24) is 15.1 Å². The largest absolute Gasteiger partial charge is 0.507 e. The molecule has 3 aromatic carbocycles. The van der Waals surface area contributed by atoms with E-state index in [0.717, 1.165) is 11.1 Å². The number of aromatic amines is 1. The number of fused-ring (bicyclic) bond motifs is 1. The zero-order valence-electron chi connectivity index (χ0n) is 19.1. The number of nitrogens with zero attached hydrogens (tertiary/aromatic N) is 2. The SMILES string of the molecule is COc1ccc(CN2C(=O)c3[nH]nc(-c4cc(C)cc(C)c4O)c3C2c2ccccc2F)cc1. The smallest absolute Gasteiger partial charge is 0.273 e. The number of ether oxygens (including phenoxy) is 1. The molecule has 1 atom stereocenters. The van der Waals surface area contributed by atoms with Crippen molar-refractivity contribution >= 4 is 5.91 Å². The number of H-pyrrole nitrogens is 1. The Kier molecular flexibility index (Phi) is 5.32. The van der Waals surface area contributed by atoms with Gasteiger partial charge in [-0.2, -0.15) is 5.10 Å². The number of phenols is 1. The third-order valence-electron chi connectivity index (χ3n) is 6.28. The minimum atomic E-state index is -0.709. The molecule has 0 saturated heterocycles. The van der Waals surface area contributed by atoms with Crippen molar-refractivity contribution < 1.29 is 19.0 Å². The number of methoxy groups -OCH3 is 1. The van der Waals surface area contributed by atoms with E-state index in [1.807, 2.05) is 50.2 Å². The fraction of sp³-hybridized carbons (Fsp3) is 0.185. The number of carbonyl (C=O) groups excluding carboxylic acids is 1. The summed E-state index contributed by atoms with van der Waals surface area (Å²) in [6.45, 7) is 4.01. The molecule has 5 rings (SSSR count). The number of rotatable bonds is 5. The third kappa shape index (κ3) is 3.50. The average molecular weight is 458 g/mol. The van der Waals surface area contributed by atoms with Gasteiger partial charge in [-0.1, -0.05) is 36.4 Å². The summed E-state index contributed by atoms with van der Waals surface area (Å²) >= 11 is 0. The van der Waals surface area contributed by atoms with Crippen LogP contribution in [0.4, 0.5) is 4.39 Å². The molecule has 0 fully saturated rings. The molecular formula is C27H24FN3O3. The number of halogens is 1. The van der Waals surface area contributed by atoms with Gasteiger partial charge in [-0.25, -0.2) is 4.39 Å². The standard InChI is InChI=1S/C27H24FN3O3/c1-15-12-16(2)26(32)20(13-15)23-22-24(30-29-23)27(33)31(14-17-8-10-18(34-3)11-9-17)25(22)19-6-4-5-7-21(19)28/h4-13,25,32H,14H2,1-3H3,(H,29,30). The summed E-state index contributed by atoms with van der Waals surface area (Å²) in [5.41, 5.74) is 4.71. The minimum Gasteiger partial charge on any atom is -0.507 e. The van der Waals surface area contributed by atoms with Crippen molar-refractivity contribution in [3.63, 3.8) is 0 Å². The van der Waals surface area contributed by atoms with Crippen LogP contribution >= 0.6 is 0 Å². The number of phenolic OH excluding ortho intramolecular Hbond substituents is 1. The summed E-state index contributed by atoms with van der Waals surface area (Å²) in [5, 5.41) is 18.1. The van der Waals surface area contributed by atoms with Crippen LogP contribution < -0.4 is 4.74 Å². The second kappa shape index (κ2) is 8.33. The van der Waals surface area contributed by atoms with E-state index in [4.69, 9.17) is 4.74 Å². The number of nitrogens with one attached hydrogen (secondary N) is 1. The van der Waals surface area contributed by atoms with Crippen molar-refractivity contribution in [2.75, 3.05) is 7.11 Å². The Bertz CT molecular complexity index is 1400. The van der Waals surface area contributed by atoms with E-state index in [-0.39, 0.29) is 18.2 Å². The number of hydrogen-bond donors (Lipinski definition) is 2. The third-order valence-corrected chi connectivity index (χ3v) is 6.28. The molecule has 0 radical (unpaired) electrons. The van der Waals surface area contributed by atoms with Crippen LogP contribution in [0.2, 0.25) is 0 Å². The lowest BCUT2D eigenvalue weighted by Crippen LogP contribution is -2.29. The molecule has 0 spiro atoms. The number of carbonyl (C=O) groups is 1. The molecule has 34 heavy (non-hydrogen) atoms. The fourth-order valence-corrected chi connectivity index (χ4v) is 4.65. The molecule has 1 aromatic heterocycles. The van der Waals surface area contributed by atoms with E-state index < -0.39 is 11.9 Å². The fourth-order valence-electron chi connectivity index (χ4n) is 4.65. The van der Waals surface area contributed by atoms with E-state index in [1.54, 1.807) is 30.2 Å². The topological polar surface area (TPSA) is 78.5 Å². The van der Waals surface area contributed by atoms with Crippen molar-refractivity contribution in [1.29, 1.82) is 0 Å². The Balaban J connectivity index is 1.67. The summed E-state index contributed by atoms with van der Waals surface area (Å²) in [6, 6.07) is 16.9. The van der Waals surface area contributed by atoms with E-state index in [9.17, 15) is 9.90 Å². The molecule has 1 aliphatic heterocycles. The van der Waals surface area contributed by atoms with Crippen LogP contribution in [-0.2, 0) is 6.54 Å². The molecule has 2 N–H and O–H groups in total. The molecule has 1 amide bonds. The summed E-state index contributed by atoms with van der Waals surface area (Å²) in [4.78, 5) is 15.2. The highest BCUT2D eigenvalue weighted by atomic mass is 19.1. The molecule has 6 nitrogen and oxygen atoms in total. The lowest BCUT2D eigenvalue weighted by atomic mass is 9.93. The van der Waals surface area contributed by atoms with Crippen LogP contribution in [0, 0.1) is 19.7 Å². The van der Waals surface area contributed by atoms with Gasteiger partial charge in [0.2, 0.25) is 0 Å². The summed E-state index contributed by atoms with van der Waals surface area (Å²) in [5.74, 6) is 0.115. The lowest BCUT2D eigenvalue weighted by Gasteiger charge is -2.27. The normalized spacial score (nSPS) is 15.0. The zero-order chi connectivity index (χ0) is 24.0. The quantitative estimate of drug-likeness (QED) is 0.427. The number of benzene rings is 3. The molecule has 1 aliphatic rings. The van der Waals surface area contributed by atoms with Crippen LogP contribution in [0.1, 0.15) is 44.3 Å². The molecule has 172 valence electrons. The number of hydrogen-bond acceptors (Lipinski definition) is 4. The maximum absolute atomic E-state index is 15.1. The first-order valence-electron chi connectivity index (χ1n) is 11.0. The number of aromatic hydroxyl groups is 1. The van der Waals surface area contributed by atoms with Crippen molar-refractivity contribution in [2.24, 2.45) is 0 Å². The van der Waals surface area contributed by atoms with Crippen LogP contribution in [0.15, 0.2) is 60.7 Å². The molecule has 0 aliphatic carbocycles. The number of amides is 1. The first-order valence-corrected chi connectivity index (χ1v) is 11.0. The summed E-state index contributed by atoms with van der Waals surface area (Å²) in [7, 11) is 1.59. The summed E-state index contributed by atoms with van der Waals surface area (Å²) in [6.07, 6.45) is 0. The van der Waals surface area contributed by atoms with E-state index in [1.165, 1.54) is 6.07 Å². The second-order valence-electron chi connectivity index (χ2n) is 8.54. The van der Waals surface area contributed by atoms with Crippen molar-refractivity contribution in [3.05, 3.63) is 100.0 Å². The Morgan fingerprint density at radius 3 is 2.56 bits per heavy atom. The maximum atomic E-state index is 15.1. The Morgan fingerprint density at radius 2 is 1.85 bits per heavy atom. The van der Waals surface area contributed by atoms with Crippen molar-refractivity contribution in [3.8, 4) is 22.8 Å². The monoisotopic (exact) mass is 457 g/mol. The van der Waals surface area contributed by atoms with Crippen LogP contribution in [0.25, 0.3) is 11.3 Å². The highest BCUT2D eigenvalue weighted by Gasteiger charge is 2.43. The predicted octanol–water partition coefficient (Wildman–Crippen LogP) is 5.29. The first kappa shape index (κ1) is 21.7. The van der Waals surface area contributed by atoms with Gasteiger partial charge in [-0.05, 0) is 54.8 Å². The van der Waals surface area contributed by atoms with Crippen LogP contribution in [0.5, 0.6) is 11.5 Å². The molecule has 1 unspecified atom stereocenters. The van der Waals surface area contributed by atoms with Gasteiger partial charge >= 0.3 is 0 Å². The zero-order valence-corrected chi connectivity index (χ0v) is 19.1. The van der Waals surface area contributed by atoms with Gasteiger partial charge in [-0.15, -0.1) is 0 Å². The van der Waals surface area contributed by atoms with E-state index in [0.29, 0.717) is 39.4 Å². The van der Waals surface area contributed by atoms with Crippen LogP contribution in [0.3, 0.4) is 0 Å². The van der Waals surface area contributed by atoms with Gasteiger partial charge in [0.15, 0.2) is 0 Å². The lowest BCUT2D eigenvalue weighted by molar-refractivity contribution is 0.0728. The van der Waals surface area contributed by atoms with Gasteiger partial charge in [0.1, 0.15) is 28.7 Å². The predicted molar refractivity (Wildman–Crippen MR) is 126 cm³/mol. The van der Waals surface area contributed by atoms with Gasteiger partial charge in [0.05, 0.1) is 13.2 Å². The van der Waals surface area contributed by atoms with Crippen LogP contribution in [-0.4, -0.2) is 33.2 Å². The molecular weight excluding hydrogens is 433 g/mol. The van der Waals surface area contributed by atoms with E-state index >= 15 is 4.39 Å². The number of aromatic nitrogens is 2. The molecule has 0 bridgehead atoms. The highest BCUT2D eigenvalue weighted by Crippen LogP contribution is 2.46. The highest BCUT2D eigenvalue weighted by molar-refractivity contribution is 6.00. The molecule has 4 aromatic rings. The van der Waals surface area contributed by atoms with Gasteiger partial charge in [0.25, 0.3) is 5.91 Å². The van der Waals surface area contributed by atoms with Gasteiger partial charge in [-0.3, -0.25) is 9.89 Å². The molecule has 7 heteroatoms. The molecule has 2 heterocycles. The van der Waals surface area contributed by atoms with Crippen molar-refractivity contribution in [2.45, 2.75) is 26.4 Å². The molecule has 0 saturated carbocycles. The Labute approximate surface area is 196 Å². The summed E-state index contributed by atoms with van der Waals surface area (Å²) < 4.78 is 20.3.